The number of rotatable bonds is 2. The Morgan fingerprint density at radius 2 is 1.89 bits per heavy atom. The molecule has 138 valence electrons. The van der Waals surface area contributed by atoms with Gasteiger partial charge in [0.15, 0.2) is 11.3 Å². The van der Waals surface area contributed by atoms with Gasteiger partial charge in [-0.2, -0.15) is 0 Å². The molecule has 1 fully saturated rings. The lowest BCUT2D eigenvalue weighted by Gasteiger charge is -2.33. The molecule has 27 heavy (non-hydrogen) atoms. The Morgan fingerprint density at radius 1 is 1.11 bits per heavy atom. The maximum atomic E-state index is 12.6. The van der Waals surface area contributed by atoms with Crippen LogP contribution in [0.3, 0.4) is 0 Å². The highest BCUT2D eigenvalue weighted by Gasteiger charge is 2.28. The van der Waals surface area contributed by atoms with Crippen LogP contribution in [0.1, 0.15) is 10.7 Å². The Bertz CT molecular complexity index is 983. The summed E-state index contributed by atoms with van der Waals surface area (Å²) in [5.74, 6) is 0.0763. The Labute approximate surface area is 159 Å². The Morgan fingerprint density at radius 3 is 2.63 bits per heavy atom. The predicted molar refractivity (Wildman–Crippen MR) is 96.8 cm³/mol. The van der Waals surface area contributed by atoms with E-state index in [0.29, 0.717) is 48.1 Å². The predicted octanol–water partition coefficient (Wildman–Crippen LogP) is 2.83. The highest BCUT2D eigenvalue weighted by Crippen LogP contribution is 2.21. The number of fused-ring (bicyclic) bond motifs is 1. The number of amides is 2. The molecule has 0 unspecified atom stereocenters. The van der Waals surface area contributed by atoms with Crippen LogP contribution in [0.5, 0.6) is 5.75 Å². The maximum absolute atomic E-state index is 12.6. The van der Waals surface area contributed by atoms with Crippen molar-refractivity contribution in [2.45, 2.75) is 0 Å². The molecular weight excluding hydrogens is 372 g/mol. The molecule has 0 bridgehead atoms. The van der Waals surface area contributed by atoms with Gasteiger partial charge in [-0.15, -0.1) is 0 Å². The Hall–Kier alpha value is -3.13. The smallest absolute Gasteiger partial charge is 0.415 e. The molecule has 1 aliphatic heterocycles. The topological polar surface area (TPSA) is 88.8 Å². The van der Waals surface area contributed by atoms with Crippen LogP contribution in [0, 0.1) is 0 Å². The Kier molecular flexibility index (Phi) is 4.64. The van der Waals surface area contributed by atoms with Crippen molar-refractivity contribution in [2.24, 2.45) is 0 Å². The molecule has 0 aliphatic carbocycles. The fraction of sp³-hybridized carbons (Fsp3) is 0.222. The van der Waals surface area contributed by atoms with Crippen LogP contribution in [-0.2, 0) is 0 Å². The number of piperazine rings is 1. The summed E-state index contributed by atoms with van der Waals surface area (Å²) >= 11 is 5.93. The van der Waals surface area contributed by atoms with Crippen molar-refractivity contribution in [1.29, 1.82) is 0 Å². The Balaban J connectivity index is 1.38. The average Bonchev–Trinajstić information content (AvgIpc) is 3.11. The first-order chi connectivity index (χ1) is 13.1. The van der Waals surface area contributed by atoms with Gasteiger partial charge in [-0.25, -0.2) is 9.78 Å². The number of carbonyl (C=O) groups excluding carboxylic acids is 2. The van der Waals surface area contributed by atoms with E-state index in [0.717, 1.165) is 0 Å². The quantitative estimate of drug-likeness (QED) is 0.672. The van der Waals surface area contributed by atoms with Crippen molar-refractivity contribution in [3.63, 3.8) is 0 Å². The second-order valence-electron chi connectivity index (χ2n) is 5.97. The number of oxazole rings is 1. The average molecular weight is 387 g/mol. The van der Waals surface area contributed by atoms with Gasteiger partial charge >= 0.3 is 12.0 Å². The molecule has 0 spiro atoms. The number of pyridine rings is 1. The molecular formula is C18H15ClN4O4. The van der Waals surface area contributed by atoms with E-state index in [1.54, 1.807) is 46.3 Å². The zero-order valence-corrected chi connectivity index (χ0v) is 14.9. The molecule has 9 heteroatoms. The van der Waals surface area contributed by atoms with Crippen LogP contribution in [-0.4, -0.2) is 57.9 Å². The van der Waals surface area contributed by atoms with Crippen LogP contribution in [0.2, 0.25) is 5.02 Å². The third kappa shape index (κ3) is 3.70. The lowest BCUT2D eigenvalue weighted by Crippen LogP contribution is -2.51. The van der Waals surface area contributed by atoms with E-state index in [2.05, 4.69) is 9.97 Å². The first-order valence-corrected chi connectivity index (χ1v) is 8.70. The standard InChI is InChI=1S/C18H15ClN4O4/c19-12-3-4-15-14(10-12)21-16(27-15)17(24)22-6-8-23(9-7-22)18(25)26-13-2-1-5-20-11-13/h1-5,10-11H,6-9H2. The van der Waals surface area contributed by atoms with Crippen molar-refractivity contribution in [1.82, 2.24) is 19.8 Å². The van der Waals surface area contributed by atoms with Crippen molar-refractivity contribution in [3.8, 4) is 5.75 Å². The van der Waals surface area contributed by atoms with Gasteiger partial charge in [0.2, 0.25) is 0 Å². The number of carbonyl (C=O) groups is 2. The summed E-state index contributed by atoms with van der Waals surface area (Å²) in [6.07, 6.45) is 2.60. The first kappa shape index (κ1) is 17.3. The molecule has 3 aromatic rings. The normalized spacial score (nSPS) is 14.4. The third-order valence-electron chi connectivity index (χ3n) is 4.20. The monoisotopic (exact) mass is 386 g/mol. The van der Waals surface area contributed by atoms with E-state index in [1.807, 2.05) is 0 Å². The van der Waals surface area contributed by atoms with Crippen LogP contribution in [0.25, 0.3) is 11.1 Å². The molecule has 0 saturated carbocycles. The number of halogens is 1. The molecule has 1 aromatic carbocycles. The van der Waals surface area contributed by atoms with Gasteiger partial charge in [0.05, 0.1) is 6.20 Å². The van der Waals surface area contributed by atoms with E-state index >= 15 is 0 Å². The van der Waals surface area contributed by atoms with Gasteiger partial charge in [0, 0.05) is 37.4 Å². The molecule has 1 saturated heterocycles. The van der Waals surface area contributed by atoms with Crippen LogP contribution in [0.4, 0.5) is 4.79 Å². The fourth-order valence-electron chi connectivity index (χ4n) is 2.79. The summed E-state index contributed by atoms with van der Waals surface area (Å²) in [6, 6.07) is 8.34. The maximum Gasteiger partial charge on any atom is 0.415 e. The lowest BCUT2D eigenvalue weighted by molar-refractivity contribution is 0.0599. The largest absolute Gasteiger partial charge is 0.432 e. The highest BCUT2D eigenvalue weighted by molar-refractivity contribution is 6.31. The summed E-state index contributed by atoms with van der Waals surface area (Å²) in [6.45, 7) is 1.44. The zero-order valence-electron chi connectivity index (χ0n) is 14.2. The summed E-state index contributed by atoms with van der Waals surface area (Å²) < 4.78 is 10.8. The van der Waals surface area contributed by atoms with Crippen molar-refractivity contribution in [2.75, 3.05) is 26.2 Å². The number of hydrogen-bond donors (Lipinski definition) is 0. The van der Waals surface area contributed by atoms with Gasteiger partial charge in [-0.05, 0) is 30.3 Å². The fourth-order valence-corrected chi connectivity index (χ4v) is 2.96. The second kappa shape index (κ2) is 7.24. The number of aromatic nitrogens is 2. The van der Waals surface area contributed by atoms with Gasteiger partial charge in [-0.3, -0.25) is 9.78 Å². The number of nitrogens with zero attached hydrogens (tertiary/aromatic N) is 4. The van der Waals surface area contributed by atoms with Gasteiger partial charge in [0.1, 0.15) is 5.52 Å². The summed E-state index contributed by atoms with van der Waals surface area (Å²) in [7, 11) is 0. The molecule has 1 aliphatic rings. The minimum absolute atomic E-state index is 0.0126. The summed E-state index contributed by atoms with van der Waals surface area (Å²) in [5.41, 5.74) is 1.03. The van der Waals surface area contributed by atoms with Crippen molar-refractivity contribution >= 4 is 34.7 Å². The van der Waals surface area contributed by atoms with E-state index < -0.39 is 6.09 Å². The minimum atomic E-state index is -0.466. The number of hydrogen-bond acceptors (Lipinski definition) is 6. The molecule has 3 heterocycles. The third-order valence-corrected chi connectivity index (χ3v) is 4.43. The van der Waals surface area contributed by atoms with Gasteiger partial charge < -0.3 is 19.0 Å². The minimum Gasteiger partial charge on any atom is -0.432 e. The number of ether oxygens (including phenoxy) is 1. The molecule has 2 amide bonds. The molecule has 0 N–H and O–H groups in total. The first-order valence-electron chi connectivity index (χ1n) is 8.32. The van der Waals surface area contributed by atoms with E-state index in [4.69, 9.17) is 20.8 Å². The molecule has 4 rings (SSSR count). The molecule has 2 aromatic heterocycles. The van der Waals surface area contributed by atoms with Gasteiger partial charge in [0.25, 0.3) is 5.89 Å². The highest BCUT2D eigenvalue weighted by atomic mass is 35.5. The van der Waals surface area contributed by atoms with E-state index in [1.165, 1.54) is 6.20 Å². The SMILES string of the molecule is O=C(Oc1cccnc1)N1CCN(C(=O)c2nc3cc(Cl)ccc3o2)CC1. The second-order valence-corrected chi connectivity index (χ2v) is 6.40. The van der Waals surface area contributed by atoms with E-state index in [9.17, 15) is 9.59 Å². The van der Waals surface area contributed by atoms with Crippen LogP contribution < -0.4 is 4.74 Å². The molecule has 0 atom stereocenters. The van der Waals surface area contributed by atoms with Crippen LogP contribution in [0.15, 0.2) is 47.1 Å². The summed E-state index contributed by atoms with van der Waals surface area (Å²) in [5, 5.41) is 0.524. The molecule has 0 radical (unpaired) electrons. The summed E-state index contributed by atoms with van der Waals surface area (Å²) in [4.78, 5) is 36.1. The zero-order chi connectivity index (χ0) is 18.8. The van der Waals surface area contributed by atoms with Crippen LogP contribution >= 0.6 is 11.6 Å². The van der Waals surface area contributed by atoms with Gasteiger partial charge in [-0.1, -0.05) is 11.6 Å². The number of benzene rings is 1. The van der Waals surface area contributed by atoms with Crippen molar-refractivity contribution < 1.29 is 18.7 Å². The lowest BCUT2D eigenvalue weighted by atomic mass is 10.3. The van der Waals surface area contributed by atoms with Crippen molar-refractivity contribution in [3.05, 3.63) is 53.6 Å². The van der Waals surface area contributed by atoms with E-state index in [-0.39, 0.29) is 11.8 Å². The molecule has 8 nitrogen and oxygen atoms in total.